The number of phenolic OH excluding ortho intramolecular Hbond substituents is 1. The number of methoxy groups -OCH3 is 1. The van der Waals surface area contributed by atoms with Crippen LogP contribution < -0.4 is 20.7 Å². The normalized spacial score (nSPS) is 23.2. The minimum Gasteiger partial charge on any atom is -0.504 e. The molecular formula is C30H43N3O8. The molecule has 1 saturated carbocycles. The van der Waals surface area contributed by atoms with Crippen molar-refractivity contribution in [3.63, 3.8) is 0 Å². The topological polar surface area (TPSA) is 156 Å². The van der Waals surface area contributed by atoms with Gasteiger partial charge in [0.25, 0.3) is 0 Å². The first kappa shape index (κ1) is 30.8. The summed E-state index contributed by atoms with van der Waals surface area (Å²) in [5, 5.41) is 18.7. The third kappa shape index (κ3) is 8.19. The Morgan fingerprint density at radius 1 is 1.02 bits per heavy atom. The van der Waals surface area contributed by atoms with Gasteiger partial charge in [0.15, 0.2) is 17.3 Å². The van der Waals surface area contributed by atoms with Crippen LogP contribution in [0.25, 0.3) is 0 Å². The van der Waals surface area contributed by atoms with Crippen LogP contribution in [-0.4, -0.2) is 79.3 Å². The van der Waals surface area contributed by atoms with Crippen LogP contribution in [0.1, 0.15) is 64.4 Å². The predicted molar refractivity (Wildman–Crippen MR) is 149 cm³/mol. The lowest BCUT2D eigenvalue weighted by Gasteiger charge is -2.27. The van der Waals surface area contributed by atoms with E-state index < -0.39 is 35.5 Å². The first-order valence-electron chi connectivity index (χ1n) is 14.6. The van der Waals surface area contributed by atoms with Crippen LogP contribution in [-0.2, 0) is 35.1 Å². The number of rotatable bonds is 13. The number of hydrogen-bond donors (Lipinski definition) is 4. The van der Waals surface area contributed by atoms with E-state index >= 15 is 0 Å². The molecule has 2 aliphatic heterocycles. The lowest BCUT2D eigenvalue weighted by Crippen LogP contribution is -2.57. The molecule has 3 amide bonds. The highest BCUT2D eigenvalue weighted by atomic mass is 16.6. The fourth-order valence-corrected chi connectivity index (χ4v) is 5.66. The molecule has 226 valence electrons. The monoisotopic (exact) mass is 573 g/mol. The van der Waals surface area contributed by atoms with E-state index in [9.17, 15) is 24.3 Å². The average molecular weight is 574 g/mol. The molecule has 41 heavy (non-hydrogen) atoms. The fourth-order valence-electron chi connectivity index (χ4n) is 5.66. The number of ketones is 1. The molecule has 2 saturated heterocycles. The van der Waals surface area contributed by atoms with E-state index in [2.05, 4.69) is 16.0 Å². The Hall–Kier alpha value is -3.18. The van der Waals surface area contributed by atoms with Gasteiger partial charge in [0.05, 0.1) is 19.8 Å². The SMILES string of the molecule is COc1ccc(C[C@H](NC(=O)[C@@H](C)NC(=O)C2CCOCC2)C(=O)N[C@@H](CC2CCCC2)C(=O)[C@]2(C)CO2)cc1O. The molecule has 0 aromatic heterocycles. The summed E-state index contributed by atoms with van der Waals surface area (Å²) < 4.78 is 15.8. The average Bonchev–Trinajstić information content (AvgIpc) is 3.50. The van der Waals surface area contributed by atoms with E-state index in [1.165, 1.54) is 13.2 Å². The number of hydrogen-bond acceptors (Lipinski definition) is 8. The summed E-state index contributed by atoms with van der Waals surface area (Å²) in [6, 6.07) is 2.05. The van der Waals surface area contributed by atoms with Crippen molar-refractivity contribution >= 4 is 23.5 Å². The van der Waals surface area contributed by atoms with Gasteiger partial charge in [-0.3, -0.25) is 19.2 Å². The van der Waals surface area contributed by atoms with Crippen LogP contribution >= 0.6 is 0 Å². The summed E-state index contributed by atoms with van der Waals surface area (Å²) in [5.74, 6) is -1.15. The van der Waals surface area contributed by atoms with Crippen molar-refractivity contribution in [2.24, 2.45) is 11.8 Å². The number of phenols is 1. The van der Waals surface area contributed by atoms with Crippen molar-refractivity contribution in [3.8, 4) is 11.5 Å². The highest BCUT2D eigenvalue weighted by molar-refractivity contribution is 5.98. The molecule has 3 aliphatic rings. The number of benzene rings is 1. The van der Waals surface area contributed by atoms with Crippen LogP contribution in [0.2, 0.25) is 0 Å². The molecule has 0 unspecified atom stereocenters. The third-order valence-corrected chi connectivity index (χ3v) is 8.44. The standard InChI is InChI=1S/C30H43N3O8/c1-18(31-28(37)21-10-12-40-13-11-21)27(36)33-23(15-20-8-9-25(39-3)24(34)16-20)29(38)32-22(14-19-6-4-5-7-19)26(35)30(2)17-41-30/h8-9,16,18-19,21-23,34H,4-7,10-15,17H2,1-3H3,(H,31,37)(H,32,38)(H,33,36)/t18-,22+,23+,30+/m1/s1. The largest absolute Gasteiger partial charge is 0.504 e. The molecule has 4 N–H and O–H groups in total. The Morgan fingerprint density at radius 3 is 2.29 bits per heavy atom. The molecule has 11 heteroatoms. The molecular weight excluding hydrogens is 530 g/mol. The Bertz CT molecular complexity index is 1110. The lowest BCUT2D eigenvalue weighted by atomic mass is 9.90. The summed E-state index contributed by atoms with van der Waals surface area (Å²) in [5.41, 5.74) is -0.321. The van der Waals surface area contributed by atoms with Crippen molar-refractivity contribution in [3.05, 3.63) is 23.8 Å². The molecule has 0 radical (unpaired) electrons. The van der Waals surface area contributed by atoms with E-state index in [1.54, 1.807) is 26.0 Å². The number of ether oxygens (including phenoxy) is 3. The van der Waals surface area contributed by atoms with Gasteiger partial charge in [-0.25, -0.2) is 0 Å². The zero-order valence-corrected chi connectivity index (χ0v) is 24.2. The van der Waals surface area contributed by atoms with E-state index in [1.807, 2.05) is 0 Å². The quantitative estimate of drug-likeness (QED) is 0.260. The second kappa shape index (κ2) is 13.7. The number of carbonyl (C=O) groups excluding carboxylic acids is 4. The van der Waals surface area contributed by atoms with Crippen molar-refractivity contribution in [2.75, 3.05) is 26.9 Å². The first-order chi connectivity index (χ1) is 19.6. The van der Waals surface area contributed by atoms with Crippen molar-refractivity contribution in [1.82, 2.24) is 16.0 Å². The Labute approximate surface area is 241 Å². The number of aromatic hydroxyl groups is 1. The molecule has 1 aliphatic carbocycles. The van der Waals surface area contributed by atoms with Crippen LogP contribution in [0.4, 0.5) is 0 Å². The molecule has 11 nitrogen and oxygen atoms in total. The fraction of sp³-hybridized carbons (Fsp3) is 0.667. The van der Waals surface area contributed by atoms with Gasteiger partial charge in [-0.2, -0.15) is 0 Å². The van der Waals surface area contributed by atoms with Gasteiger partial charge >= 0.3 is 0 Å². The summed E-state index contributed by atoms with van der Waals surface area (Å²) in [4.78, 5) is 52.9. The molecule has 1 aromatic rings. The van der Waals surface area contributed by atoms with Gasteiger partial charge in [-0.15, -0.1) is 0 Å². The summed E-state index contributed by atoms with van der Waals surface area (Å²) >= 11 is 0. The van der Waals surface area contributed by atoms with Gasteiger partial charge in [-0.1, -0.05) is 31.7 Å². The molecule has 0 bridgehead atoms. The third-order valence-electron chi connectivity index (χ3n) is 8.44. The molecule has 4 atom stereocenters. The van der Waals surface area contributed by atoms with E-state index in [0.29, 0.717) is 50.6 Å². The Balaban J connectivity index is 1.48. The zero-order chi connectivity index (χ0) is 29.6. The number of epoxide rings is 1. The molecule has 4 rings (SSSR count). The van der Waals surface area contributed by atoms with Crippen LogP contribution in [0, 0.1) is 11.8 Å². The molecule has 2 heterocycles. The number of amides is 3. The van der Waals surface area contributed by atoms with Crippen molar-refractivity contribution < 1.29 is 38.5 Å². The van der Waals surface area contributed by atoms with Crippen molar-refractivity contribution in [2.45, 2.75) is 88.9 Å². The zero-order valence-electron chi connectivity index (χ0n) is 24.2. The number of nitrogens with one attached hydrogen (secondary N) is 3. The molecule has 0 spiro atoms. The Morgan fingerprint density at radius 2 is 1.68 bits per heavy atom. The highest BCUT2D eigenvalue weighted by Crippen LogP contribution is 2.33. The van der Waals surface area contributed by atoms with Crippen LogP contribution in [0.3, 0.4) is 0 Å². The minimum atomic E-state index is -1.07. The molecule has 1 aromatic carbocycles. The lowest BCUT2D eigenvalue weighted by molar-refractivity contribution is -0.135. The maximum atomic E-state index is 13.7. The van der Waals surface area contributed by atoms with Gasteiger partial charge in [0, 0.05) is 25.6 Å². The Kier molecular flexibility index (Phi) is 10.2. The van der Waals surface area contributed by atoms with E-state index in [4.69, 9.17) is 14.2 Å². The summed E-state index contributed by atoms with van der Waals surface area (Å²) in [7, 11) is 1.44. The van der Waals surface area contributed by atoms with Gasteiger partial charge in [0.2, 0.25) is 17.7 Å². The number of Topliss-reactive ketones (excluding diaryl/α,β-unsaturated/α-hetero) is 1. The summed E-state index contributed by atoms with van der Waals surface area (Å²) in [6.07, 6.45) is 5.96. The van der Waals surface area contributed by atoms with Gasteiger partial charge in [0.1, 0.15) is 17.7 Å². The van der Waals surface area contributed by atoms with E-state index in [-0.39, 0.29) is 35.5 Å². The van der Waals surface area contributed by atoms with Crippen molar-refractivity contribution in [1.29, 1.82) is 0 Å². The second-order valence-electron chi connectivity index (χ2n) is 11.7. The second-order valence-corrected chi connectivity index (χ2v) is 11.7. The van der Waals surface area contributed by atoms with Crippen LogP contribution in [0.5, 0.6) is 11.5 Å². The van der Waals surface area contributed by atoms with Gasteiger partial charge < -0.3 is 35.3 Å². The first-order valence-corrected chi connectivity index (χ1v) is 14.6. The highest BCUT2D eigenvalue weighted by Gasteiger charge is 2.50. The summed E-state index contributed by atoms with van der Waals surface area (Å²) in [6.45, 7) is 4.61. The van der Waals surface area contributed by atoms with Gasteiger partial charge in [-0.05, 0) is 56.7 Å². The maximum Gasteiger partial charge on any atom is 0.243 e. The predicted octanol–water partition coefficient (Wildman–Crippen LogP) is 1.78. The maximum absolute atomic E-state index is 13.7. The molecule has 3 fully saturated rings. The minimum absolute atomic E-state index is 0.0495. The number of carbonyl (C=O) groups is 4. The smallest absolute Gasteiger partial charge is 0.243 e. The van der Waals surface area contributed by atoms with Crippen LogP contribution in [0.15, 0.2) is 18.2 Å². The van der Waals surface area contributed by atoms with E-state index in [0.717, 1.165) is 25.7 Å².